The van der Waals surface area contributed by atoms with Crippen molar-refractivity contribution in [2.24, 2.45) is 0 Å². The minimum Gasteiger partial charge on any atom is -0.482 e. The van der Waals surface area contributed by atoms with Crippen LogP contribution in [0.3, 0.4) is 0 Å². The molecule has 24 heavy (non-hydrogen) atoms. The van der Waals surface area contributed by atoms with Gasteiger partial charge in [-0.3, -0.25) is 4.79 Å². The van der Waals surface area contributed by atoms with Crippen LogP contribution in [-0.2, 0) is 20.7 Å². The van der Waals surface area contributed by atoms with Crippen molar-refractivity contribution in [3.63, 3.8) is 0 Å². The summed E-state index contributed by atoms with van der Waals surface area (Å²) in [5.41, 5.74) is 1.14. The van der Waals surface area contributed by atoms with Gasteiger partial charge in [0.15, 0.2) is 13.2 Å². The van der Waals surface area contributed by atoms with Gasteiger partial charge in [-0.15, -0.1) is 0 Å². The molecule has 6 heteroatoms. The molecule has 0 spiro atoms. The van der Waals surface area contributed by atoms with Gasteiger partial charge in [0.05, 0.1) is 0 Å². The predicted molar refractivity (Wildman–Crippen MR) is 93.8 cm³/mol. The van der Waals surface area contributed by atoms with Gasteiger partial charge in [0.1, 0.15) is 5.75 Å². The van der Waals surface area contributed by atoms with E-state index in [2.05, 4.69) is 21.2 Å². The third kappa shape index (κ3) is 6.83. The highest BCUT2D eigenvalue weighted by Gasteiger charge is 2.08. The molecule has 0 bridgehead atoms. The molecule has 1 amide bonds. The Labute approximate surface area is 149 Å². The van der Waals surface area contributed by atoms with E-state index in [1.54, 1.807) is 18.2 Å². The molecule has 0 saturated carbocycles. The largest absolute Gasteiger partial charge is 0.482 e. The monoisotopic (exact) mass is 391 g/mol. The molecule has 0 aliphatic heterocycles. The standard InChI is InChI=1S/C18H18BrNO4/c19-15-7-4-8-16(11-15)23-13-18(22)24-12-17(21)20-10-9-14-5-2-1-3-6-14/h1-8,11H,9-10,12-13H2,(H,20,21). The van der Waals surface area contributed by atoms with Crippen LogP contribution < -0.4 is 10.1 Å². The van der Waals surface area contributed by atoms with Crippen molar-refractivity contribution >= 4 is 27.8 Å². The van der Waals surface area contributed by atoms with Crippen molar-refractivity contribution in [3.05, 3.63) is 64.6 Å². The quantitative estimate of drug-likeness (QED) is 0.702. The molecular formula is C18H18BrNO4. The third-order valence-electron chi connectivity index (χ3n) is 3.10. The molecule has 2 rings (SSSR count). The molecular weight excluding hydrogens is 374 g/mol. The smallest absolute Gasteiger partial charge is 0.344 e. The number of hydrogen-bond donors (Lipinski definition) is 1. The first-order valence-corrected chi connectivity index (χ1v) is 8.27. The topological polar surface area (TPSA) is 64.6 Å². The number of amides is 1. The van der Waals surface area contributed by atoms with E-state index in [-0.39, 0.29) is 19.1 Å². The van der Waals surface area contributed by atoms with Crippen LogP contribution in [-0.4, -0.2) is 31.6 Å². The normalized spacial score (nSPS) is 10.0. The molecule has 126 valence electrons. The van der Waals surface area contributed by atoms with Gasteiger partial charge in [0.2, 0.25) is 0 Å². The zero-order chi connectivity index (χ0) is 17.2. The molecule has 0 aromatic heterocycles. The Balaban J connectivity index is 1.60. The Kier molecular flexibility index (Phi) is 7.29. The zero-order valence-corrected chi connectivity index (χ0v) is 14.6. The molecule has 0 saturated heterocycles. The first kappa shape index (κ1) is 18.0. The Morgan fingerprint density at radius 2 is 1.79 bits per heavy atom. The Hall–Kier alpha value is -2.34. The molecule has 1 N–H and O–H groups in total. The van der Waals surface area contributed by atoms with Gasteiger partial charge in [-0.1, -0.05) is 52.3 Å². The summed E-state index contributed by atoms with van der Waals surface area (Å²) in [6.45, 7) is -0.0574. The van der Waals surface area contributed by atoms with E-state index in [4.69, 9.17) is 9.47 Å². The molecule has 0 radical (unpaired) electrons. The lowest BCUT2D eigenvalue weighted by atomic mass is 10.1. The van der Waals surface area contributed by atoms with E-state index in [9.17, 15) is 9.59 Å². The van der Waals surface area contributed by atoms with Gasteiger partial charge >= 0.3 is 5.97 Å². The molecule has 2 aromatic rings. The summed E-state index contributed by atoms with van der Waals surface area (Å²) in [7, 11) is 0. The summed E-state index contributed by atoms with van der Waals surface area (Å²) in [5.74, 6) is -0.372. The fourth-order valence-corrected chi connectivity index (χ4v) is 2.31. The minimum atomic E-state index is -0.590. The fourth-order valence-electron chi connectivity index (χ4n) is 1.93. The van der Waals surface area contributed by atoms with E-state index in [1.807, 2.05) is 36.4 Å². The number of ether oxygens (including phenoxy) is 2. The van der Waals surface area contributed by atoms with Crippen LogP contribution in [0, 0.1) is 0 Å². The lowest BCUT2D eigenvalue weighted by Crippen LogP contribution is -2.31. The molecule has 0 aliphatic rings. The Bertz CT molecular complexity index is 676. The minimum absolute atomic E-state index is 0.242. The van der Waals surface area contributed by atoms with Crippen LogP contribution in [0.5, 0.6) is 5.75 Å². The molecule has 0 heterocycles. The van der Waals surface area contributed by atoms with Crippen molar-refractivity contribution in [3.8, 4) is 5.75 Å². The van der Waals surface area contributed by atoms with Gasteiger partial charge in [-0.25, -0.2) is 4.79 Å². The lowest BCUT2D eigenvalue weighted by molar-refractivity contribution is -0.150. The second-order valence-corrected chi connectivity index (χ2v) is 5.91. The van der Waals surface area contributed by atoms with Crippen LogP contribution >= 0.6 is 15.9 Å². The molecule has 0 aliphatic carbocycles. The molecule has 0 atom stereocenters. The maximum atomic E-state index is 11.6. The number of hydrogen-bond acceptors (Lipinski definition) is 4. The number of carbonyl (C=O) groups is 2. The summed E-state index contributed by atoms with van der Waals surface area (Å²) in [6.07, 6.45) is 0.729. The van der Waals surface area contributed by atoms with Crippen molar-refractivity contribution in [2.75, 3.05) is 19.8 Å². The lowest BCUT2D eigenvalue weighted by Gasteiger charge is -2.08. The van der Waals surface area contributed by atoms with Crippen molar-refractivity contribution < 1.29 is 19.1 Å². The third-order valence-corrected chi connectivity index (χ3v) is 3.59. The SMILES string of the molecule is O=C(COC(=O)COc1cccc(Br)c1)NCCc1ccccc1. The molecule has 0 unspecified atom stereocenters. The van der Waals surface area contributed by atoms with Gasteiger partial charge in [-0.2, -0.15) is 0 Å². The number of halogens is 1. The summed E-state index contributed by atoms with van der Waals surface area (Å²) >= 11 is 3.31. The van der Waals surface area contributed by atoms with Crippen molar-refractivity contribution in [1.29, 1.82) is 0 Å². The number of carbonyl (C=O) groups excluding carboxylic acids is 2. The summed E-state index contributed by atoms with van der Waals surface area (Å²) in [5, 5.41) is 2.70. The highest BCUT2D eigenvalue weighted by Crippen LogP contribution is 2.17. The van der Waals surface area contributed by atoms with Crippen LogP contribution in [0.1, 0.15) is 5.56 Å². The van der Waals surface area contributed by atoms with E-state index in [1.165, 1.54) is 0 Å². The highest BCUT2D eigenvalue weighted by atomic mass is 79.9. The Morgan fingerprint density at radius 1 is 1.00 bits per heavy atom. The van der Waals surface area contributed by atoms with E-state index in [0.717, 1.165) is 16.5 Å². The van der Waals surface area contributed by atoms with Crippen molar-refractivity contribution in [1.82, 2.24) is 5.32 Å². The fraction of sp³-hybridized carbons (Fsp3) is 0.222. The zero-order valence-electron chi connectivity index (χ0n) is 13.0. The van der Waals surface area contributed by atoms with Gasteiger partial charge in [0, 0.05) is 11.0 Å². The van der Waals surface area contributed by atoms with Gasteiger partial charge < -0.3 is 14.8 Å². The number of rotatable bonds is 8. The van der Waals surface area contributed by atoms with Crippen molar-refractivity contribution in [2.45, 2.75) is 6.42 Å². The highest BCUT2D eigenvalue weighted by molar-refractivity contribution is 9.10. The Morgan fingerprint density at radius 3 is 2.54 bits per heavy atom. The summed E-state index contributed by atoms with van der Waals surface area (Å²) in [6, 6.07) is 16.9. The second kappa shape index (κ2) is 9.72. The van der Waals surface area contributed by atoms with Gasteiger partial charge in [0.25, 0.3) is 5.91 Å². The average molecular weight is 392 g/mol. The van der Waals surface area contributed by atoms with Gasteiger partial charge in [-0.05, 0) is 30.2 Å². The number of esters is 1. The molecule has 0 fully saturated rings. The van der Waals surface area contributed by atoms with E-state index >= 15 is 0 Å². The number of nitrogens with one attached hydrogen (secondary N) is 1. The maximum Gasteiger partial charge on any atom is 0.344 e. The maximum absolute atomic E-state index is 11.6. The predicted octanol–water partition coefficient (Wildman–Crippen LogP) is 2.73. The summed E-state index contributed by atoms with van der Waals surface area (Å²) in [4.78, 5) is 23.2. The molecule has 2 aromatic carbocycles. The van der Waals surface area contributed by atoms with E-state index in [0.29, 0.717) is 12.3 Å². The first-order valence-electron chi connectivity index (χ1n) is 7.48. The number of benzene rings is 2. The average Bonchev–Trinajstić information content (AvgIpc) is 2.59. The second-order valence-electron chi connectivity index (χ2n) is 4.99. The van der Waals surface area contributed by atoms with Crippen LogP contribution in [0.25, 0.3) is 0 Å². The van der Waals surface area contributed by atoms with E-state index < -0.39 is 5.97 Å². The van der Waals surface area contributed by atoms with Crippen LogP contribution in [0.15, 0.2) is 59.1 Å². The van der Waals surface area contributed by atoms with Crippen LogP contribution in [0.4, 0.5) is 0 Å². The first-order chi connectivity index (χ1) is 11.6. The van der Waals surface area contributed by atoms with Crippen LogP contribution in [0.2, 0.25) is 0 Å². The molecule has 5 nitrogen and oxygen atoms in total. The summed E-state index contributed by atoms with van der Waals surface area (Å²) < 4.78 is 11.0.